The average molecular weight is 381 g/mol. The van der Waals surface area contributed by atoms with E-state index < -0.39 is 10.0 Å². The monoisotopic (exact) mass is 381 g/mol. The molecule has 0 atom stereocenters. The maximum absolute atomic E-state index is 12.5. The third-order valence-electron chi connectivity index (χ3n) is 4.08. The highest BCUT2D eigenvalue weighted by molar-refractivity contribution is 7.92. The van der Waals surface area contributed by atoms with Crippen LogP contribution in [-0.4, -0.2) is 21.3 Å². The molecule has 0 unspecified atom stereocenters. The fourth-order valence-electron chi connectivity index (χ4n) is 2.53. The lowest BCUT2D eigenvalue weighted by molar-refractivity contribution is 0.103. The summed E-state index contributed by atoms with van der Waals surface area (Å²) in [4.78, 5) is 12.7. The third kappa shape index (κ3) is 4.35. The fourth-order valence-corrected chi connectivity index (χ4v) is 3.59. The van der Waals surface area contributed by atoms with Crippen LogP contribution >= 0.6 is 0 Å². The molecule has 1 N–H and O–H groups in total. The van der Waals surface area contributed by atoms with E-state index in [2.05, 4.69) is 4.72 Å². The van der Waals surface area contributed by atoms with Crippen molar-refractivity contribution in [2.24, 2.45) is 0 Å². The number of carbonyl (C=O) groups is 1. The van der Waals surface area contributed by atoms with Gasteiger partial charge in [0.25, 0.3) is 10.0 Å². The molecule has 0 saturated heterocycles. The number of carbonyl (C=O) groups excluding carboxylic acids is 1. The molecule has 3 rings (SSSR count). The number of benzene rings is 3. The Morgan fingerprint density at radius 2 is 1.33 bits per heavy atom. The number of ketones is 1. The first-order chi connectivity index (χ1) is 12.9. The number of hydrogen-bond acceptors (Lipinski definition) is 4. The highest BCUT2D eigenvalue weighted by Crippen LogP contribution is 2.19. The van der Waals surface area contributed by atoms with Crippen LogP contribution in [-0.2, 0) is 10.0 Å². The second kappa shape index (κ2) is 7.63. The van der Waals surface area contributed by atoms with E-state index >= 15 is 0 Å². The smallest absolute Gasteiger partial charge is 0.261 e. The predicted molar refractivity (Wildman–Crippen MR) is 105 cm³/mol. The van der Waals surface area contributed by atoms with Gasteiger partial charge in [0.05, 0.1) is 12.0 Å². The second-order valence-electron chi connectivity index (χ2n) is 6.05. The van der Waals surface area contributed by atoms with Gasteiger partial charge in [0, 0.05) is 16.8 Å². The molecule has 0 bridgehead atoms. The summed E-state index contributed by atoms with van der Waals surface area (Å²) in [5, 5.41) is 0. The van der Waals surface area contributed by atoms with Crippen LogP contribution in [0, 0.1) is 6.92 Å². The number of nitrogens with one attached hydrogen (secondary N) is 1. The van der Waals surface area contributed by atoms with Crippen molar-refractivity contribution >= 4 is 21.5 Å². The van der Waals surface area contributed by atoms with Crippen molar-refractivity contribution in [3.63, 3.8) is 0 Å². The molecule has 0 aliphatic carbocycles. The molecule has 0 saturated carbocycles. The van der Waals surface area contributed by atoms with Crippen molar-refractivity contribution < 1.29 is 17.9 Å². The molecule has 3 aromatic carbocycles. The normalized spacial score (nSPS) is 11.0. The van der Waals surface area contributed by atoms with E-state index in [-0.39, 0.29) is 10.7 Å². The van der Waals surface area contributed by atoms with Gasteiger partial charge in [-0.3, -0.25) is 9.52 Å². The van der Waals surface area contributed by atoms with Crippen LogP contribution in [0.4, 0.5) is 5.69 Å². The maximum atomic E-state index is 12.5. The van der Waals surface area contributed by atoms with E-state index in [0.717, 1.165) is 5.56 Å². The topological polar surface area (TPSA) is 72.5 Å². The van der Waals surface area contributed by atoms with E-state index in [1.807, 2.05) is 6.92 Å². The van der Waals surface area contributed by atoms with Gasteiger partial charge in [-0.25, -0.2) is 8.42 Å². The molecule has 6 heteroatoms. The summed E-state index contributed by atoms with van der Waals surface area (Å²) in [6.45, 7) is 1.89. The molecule has 0 heterocycles. The van der Waals surface area contributed by atoms with Crippen LogP contribution in [0.1, 0.15) is 21.5 Å². The summed E-state index contributed by atoms with van der Waals surface area (Å²) in [6.07, 6.45) is 0. The van der Waals surface area contributed by atoms with Crippen molar-refractivity contribution in [1.82, 2.24) is 0 Å². The van der Waals surface area contributed by atoms with Crippen LogP contribution in [0.25, 0.3) is 0 Å². The number of methoxy groups -OCH3 is 1. The van der Waals surface area contributed by atoms with Gasteiger partial charge in [-0.2, -0.15) is 0 Å². The number of sulfonamides is 1. The zero-order valence-corrected chi connectivity index (χ0v) is 15.8. The Balaban J connectivity index is 1.76. The molecule has 0 aliphatic heterocycles. The summed E-state index contributed by atoms with van der Waals surface area (Å²) in [6, 6.07) is 19.7. The van der Waals surface area contributed by atoms with Crippen molar-refractivity contribution in [3.8, 4) is 5.75 Å². The molecule has 27 heavy (non-hydrogen) atoms. The van der Waals surface area contributed by atoms with Gasteiger partial charge >= 0.3 is 0 Å². The molecule has 0 fully saturated rings. The Kier molecular flexibility index (Phi) is 5.28. The molecule has 0 aliphatic rings. The molecular weight excluding hydrogens is 362 g/mol. The number of aryl methyl sites for hydroxylation is 1. The van der Waals surface area contributed by atoms with E-state index in [0.29, 0.717) is 22.6 Å². The average Bonchev–Trinajstić information content (AvgIpc) is 2.68. The lowest BCUT2D eigenvalue weighted by Crippen LogP contribution is -2.13. The lowest BCUT2D eigenvalue weighted by atomic mass is 10.0. The Bertz CT molecular complexity index is 1040. The molecule has 5 nitrogen and oxygen atoms in total. The van der Waals surface area contributed by atoms with Crippen molar-refractivity contribution in [2.75, 3.05) is 11.8 Å². The standard InChI is InChI=1S/C21H19NO4S/c1-15-3-13-20(14-4-15)27(24,25)22-18-9-5-16(6-10-18)21(23)17-7-11-19(26-2)12-8-17/h3-14,22H,1-2H3. The Morgan fingerprint density at radius 1 is 0.815 bits per heavy atom. The quantitative estimate of drug-likeness (QED) is 0.654. The molecule has 3 aromatic rings. The van der Waals surface area contributed by atoms with E-state index in [9.17, 15) is 13.2 Å². The minimum Gasteiger partial charge on any atom is -0.497 e. The Morgan fingerprint density at radius 3 is 1.85 bits per heavy atom. The van der Waals surface area contributed by atoms with Gasteiger partial charge in [-0.05, 0) is 67.6 Å². The van der Waals surface area contributed by atoms with Crippen LogP contribution in [0.15, 0.2) is 77.7 Å². The van der Waals surface area contributed by atoms with Crippen molar-refractivity contribution in [3.05, 3.63) is 89.5 Å². The summed E-state index contributed by atoms with van der Waals surface area (Å²) in [5.41, 5.74) is 2.37. The lowest BCUT2D eigenvalue weighted by Gasteiger charge is -2.09. The molecule has 138 valence electrons. The van der Waals surface area contributed by atoms with Crippen molar-refractivity contribution in [1.29, 1.82) is 0 Å². The maximum Gasteiger partial charge on any atom is 0.261 e. The van der Waals surface area contributed by atoms with Crippen molar-refractivity contribution in [2.45, 2.75) is 11.8 Å². The molecule has 0 amide bonds. The largest absolute Gasteiger partial charge is 0.497 e. The Hall–Kier alpha value is -3.12. The molecule has 0 radical (unpaired) electrons. The van der Waals surface area contributed by atoms with E-state index in [4.69, 9.17) is 4.74 Å². The molecule has 0 spiro atoms. The molecular formula is C21H19NO4S. The predicted octanol–water partition coefficient (Wildman–Crippen LogP) is 4.04. The van der Waals surface area contributed by atoms with Gasteiger partial charge in [0.2, 0.25) is 0 Å². The number of ether oxygens (including phenoxy) is 1. The van der Waals surface area contributed by atoms with Gasteiger partial charge in [-0.1, -0.05) is 17.7 Å². The van der Waals surface area contributed by atoms with Gasteiger partial charge in [0.1, 0.15) is 5.75 Å². The highest BCUT2D eigenvalue weighted by Gasteiger charge is 2.15. The summed E-state index contributed by atoms with van der Waals surface area (Å²) in [5.74, 6) is 0.526. The molecule has 0 aromatic heterocycles. The van der Waals surface area contributed by atoms with E-state index in [1.54, 1.807) is 79.9 Å². The third-order valence-corrected chi connectivity index (χ3v) is 5.48. The summed E-state index contributed by atoms with van der Waals surface area (Å²) < 4.78 is 32.4. The minimum absolute atomic E-state index is 0.148. The van der Waals surface area contributed by atoms with Gasteiger partial charge < -0.3 is 4.74 Å². The SMILES string of the molecule is COc1ccc(C(=O)c2ccc(NS(=O)(=O)c3ccc(C)cc3)cc2)cc1. The van der Waals surface area contributed by atoms with Crippen LogP contribution in [0.5, 0.6) is 5.75 Å². The first-order valence-electron chi connectivity index (χ1n) is 8.27. The number of rotatable bonds is 6. The number of anilines is 1. The van der Waals surface area contributed by atoms with Gasteiger partial charge in [0.15, 0.2) is 5.78 Å². The van der Waals surface area contributed by atoms with Crippen LogP contribution < -0.4 is 9.46 Å². The second-order valence-corrected chi connectivity index (χ2v) is 7.74. The van der Waals surface area contributed by atoms with E-state index in [1.165, 1.54) is 0 Å². The van der Waals surface area contributed by atoms with Crippen LogP contribution in [0.3, 0.4) is 0 Å². The first kappa shape index (κ1) is 18.7. The zero-order valence-electron chi connectivity index (χ0n) is 15.0. The van der Waals surface area contributed by atoms with Gasteiger partial charge in [-0.15, -0.1) is 0 Å². The Labute approximate surface area is 158 Å². The van der Waals surface area contributed by atoms with Crippen LogP contribution in [0.2, 0.25) is 0 Å². The highest BCUT2D eigenvalue weighted by atomic mass is 32.2. The summed E-state index contributed by atoms with van der Waals surface area (Å²) in [7, 11) is -2.11. The first-order valence-corrected chi connectivity index (χ1v) is 9.76. The zero-order chi connectivity index (χ0) is 19.4. The fraction of sp³-hybridized carbons (Fsp3) is 0.0952. The number of hydrogen-bond donors (Lipinski definition) is 1. The minimum atomic E-state index is -3.67. The summed E-state index contributed by atoms with van der Waals surface area (Å²) >= 11 is 0.